The number of hydrogen-bond donors (Lipinski definition) is 2. The summed E-state index contributed by atoms with van der Waals surface area (Å²) in [5, 5.41) is 9.66. The Morgan fingerprint density at radius 1 is 1.02 bits per heavy atom. The van der Waals surface area contributed by atoms with Gasteiger partial charge in [0, 0.05) is 25.7 Å². The standard InChI is InChI=1S/C32H32F2N4O4/c1-19-10-11-25(32(39)40)26(14-19)42-31-28(34)29(38-13-12-23(18-38)37(2)3)27(33)30(36-31)41-24-9-5-8-22(16-24)21-7-4-6-20(15-21)17-35/h4-11,14-16,23H,12-13,17-18,35H2,1-3H3,(H,39,40)/t23-/m0/s1. The van der Waals surface area contributed by atoms with Crippen molar-refractivity contribution in [1.82, 2.24) is 9.88 Å². The average molecular weight is 575 g/mol. The Morgan fingerprint density at radius 2 is 1.71 bits per heavy atom. The number of aromatic nitrogens is 1. The molecule has 1 aromatic heterocycles. The molecular weight excluding hydrogens is 542 g/mol. The molecule has 5 rings (SSSR count). The Labute approximate surface area is 242 Å². The molecule has 0 saturated carbocycles. The second-order valence-electron chi connectivity index (χ2n) is 10.5. The number of carbonyl (C=O) groups is 1. The highest BCUT2D eigenvalue weighted by atomic mass is 19.1. The zero-order valence-corrected chi connectivity index (χ0v) is 23.6. The van der Waals surface area contributed by atoms with Crippen LogP contribution in [-0.4, -0.2) is 54.2 Å². The van der Waals surface area contributed by atoms with Gasteiger partial charge in [-0.25, -0.2) is 4.79 Å². The van der Waals surface area contributed by atoms with Crippen molar-refractivity contribution in [3.05, 3.63) is 95.1 Å². The molecule has 2 heterocycles. The fourth-order valence-corrected chi connectivity index (χ4v) is 4.99. The molecule has 1 fully saturated rings. The molecule has 0 aliphatic carbocycles. The molecule has 0 unspecified atom stereocenters. The fourth-order valence-electron chi connectivity index (χ4n) is 4.99. The number of aryl methyl sites for hydroxylation is 1. The first kappa shape index (κ1) is 29.0. The fraction of sp³-hybridized carbons (Fsp3) is 0.250. The number of likely N-dealkylation sites (N-methyl/N-ethyl adjacent to an activating group) is 1. The van der Waals surface area contributed by atoms with Crippen molar-refractivity contribution in [2.45, 2.75) is 25.9 Å². The van der Waals surface area contributed by atoms with Gasteiger partial charge in [0.2, 0.25) is 11.6 Å². The minimum absolute atomic E-state index is 0.0852. The number of carboxylic acid groups (broad SMARTS) is 1. The summed E-state index contributed by atoms with van der Waals surface area (Å²) in [6, 6.07) is 19.2. The first-order valence-electron chi connectivity index (χ1n) is 13.5. The van der Waals surface area contributed by atoms with E-state index in [1.165, 1.54) is 12.1 Å². The maximum Gasteiger partial charge on any atom is 0.339 e. The van der Waals surface area contributed by atoms with Gasteiger partial charge in [-0.15, -0.1) is 0 Å². The Bertz CT molecular complexity index is 1630. The summed E-state index contributed by atoms with van der Waals surface area (Å²) in [7, 11) is 3.83. The van der Waals surface area contributed by atoms with E-state index in [0.717, 1.165) is 16.7 Å². The predicted octanol–water partition coefficient (Wildman–Crippen LogP) is 6.22. The third kappa shape index (κ3) is 6.05. The van der Waals surface area contributed by atoms with Gasteiger partial charge in [0.15, 0.2) is 0 Å². The summed E-state index contributed by atoms with van der Waals surface area (Å²) >= 11 is 0. The van der Waals surface area contributed by atoms with Crippen molar-refractivity contribution in [2.75, 3.05) is 32.1 Å². The molecular formula is C32H32F2N4O4. The number of pyridine rings is 1. The quantitative estimate of drug-likeness (QED) is 0.243. The van der Waals surface area contributed by atoms with E-state index in [-0.39, 0.29) is 28.8 Å². The van der Waals surface area contributed by atoms with E-state index < -0.39 is 29.4 Å². The van der Waals surface area contributed by atoms with Crippen molar-refractivity contribution in [3.8, 4) is 34.4 Å². The van der Waals surface area contributed by atoms with E-state index >= 15 is 8.78 Å². The minimum Gasteiger partial charge on any atom is -0.478 e. The van der Waals surface area contributed by atoms with Crippen LogP contribution < -0.4 is 20.1 Å². The van der Waals surface area contributed by atoms with E-state index in [9.17, 15) is 9.90 Å². The van der Waals surface area contributed by atoms with Crippen LogP contribution in [0.3, 0.4) is 0 Å². The first-order chi connectivity index (χ1) is 20.1. The summed E-state index contributed by atoms with van der Waals surface area (Å²) in [5.41, 5.74) is 8.62. The third-order valence-corrected chi connectivity index (χ3v) is 7.32. The molecule has 0 radical (unpaired) electrons. The van der Waals surface area contributed by atoms with Crippen LogP contribution >= 0.6 is 0 Å². The van der Waals surface area contributed by atoms with E-state index in [2.05, 4.69) is 4.98 Å². The van der Waals surface area contributed by atoms with Gasteiger partial charge in [0.1, 0.15) is 22.7 Å². The lowest BCUT2D eigenvalue weighted by Gasteiger charge is -2.24. The van der Waals surface area contributed by atoms with Crippen molar-refractivity contribution in [3.63, 3.8) is 0 Å². The van der Waals surface area contributed by atoms with Crippen molar-refractivity contribution >= 4 is 11.7 Å². The predicted molar refractivity (Wildman–Crippen MR) is 157 cm³/mol. The van der Waals surface area contributed by atoms with Gasteiger partial charge < -0.3 is 30.1 Å². The SMILES string of the molecule is Cc1ccc(C(=O)O)c(Oc2nc(Oc3cccc(-c4cccc(CN)c4)c3)c(F)c(N3CC[C@H](N(C)C)C3)c2F)c1. The monoisotopic (exact) mass is 574 g/mol. The second kappa shape index (κ2) is 12.1. The molecule has 3 aromatic carbocycles. The zero-order valence-electron chi connectivity index (χ0n) is 23.6. The van der Waals surface area contributed by atoms with Gasteiger partial charge in [-0.2, -0.15) is 13.8 Å². The van der Waals surface area contributed by atoms with Crippen molar-refractivity contribution in [1.29, 1.82) is 0 Å². The van der Waals surface area contributed by atoms with E-state index in [1.54, 1.807) is 36.1 Å². The van der Waals surface area contributed by atoms with Crippen LogP contribution in [0.25, 0.3) is 11.1 Å². The molecule has 0 spiro atoms. The van der Waals surface area contributed by atoms with Crippen LogP contribution in [0.2, 0.25) is 0 Å². The molecule has 1 aliphatic rings. The molecule has 1 atom stereocenters. The number of aromatic carboxylic acids is 1. The van der Waals surface area contributed by atoms with Gasteiger partial charge >= 0.3 is 5.97 Å². The maximum absolute atomic E-state index is 16.1. The molecule has 0 amide bonds. The highest BCUT2D eigenvalue weighted by Gasteiger charge is 2.33. The number of nitrogens with zero attached hydrogens (tertiary/aromatic N) is 3. The van der Waals surface area contributed by atoms with Gasteiger partial charge in [-0.1, -0.05) is 36.4 Å². The normalized spacial score (nSPS) is 14.8. The number of hydrogen-bond acceptors (Lipinski definition) is 7. The van der Waals surface area contributed by atoms with Gasteiger partial charge in [-0.05, 0) is 80.0 Å². The largest absolute Gasteiger partial charge is 0.478 e. The molecule has 10 heteroatoms. The Balaban J connectivity index is 1.57. The second-order valence-corrected chi connectivity index (χ2v) is 10.5. The first-order valence-corrected chi connectivity index (χ1v) is 13.5. The number of nitrogens with two attached hydrogens (primary N) is 1. The lowest BCUT2D eigenvalue weighted by Crippen LogP contribution is -2.32. The van der Waals surface area contributed by atoms with Crippen LogP contribution in [0.15, 0.2) is 66.7 Å². The summed E-state index contributed by atoms with van der Waals surface area (Å²) in [6.07, 6.45) is 0.700. The summed E-state index contributed by atoms with van der Waals surface area (Å²) < 4.78 is 43.8. The number of halogens is 2. The lowest BCUT2D eigenvalue weighted by molar-refractivity contribution is 0.0694. The van der Waals surface area contributed by atoms with Crippen molar-refractivity contribution < 1.29 is 28.2 Å². The Kier molecular flexibility index (Phi) is 8.37. The summed E-state index contributed by atoms with van der Waals surface area (Å²) in [6.45, 7) is 2.91. The summed E-state index contributed by atoms with van der Waals surface area (Å²) in [4.78, 5) is 19.5. The molecule has 0 bridgehead atoms. The number of anilines is 1. The average Bonchev–Trinajstić information content (AvgIpc) is 3.46. The van der Waals surface area contributed by atoms with Crippen LogP contribution in [0.4, 0.5) is 14.5 Å². The lowest BCUT2D eigenvalue weighted by atomic mass is 10.0. The van der Waals surface area contributed by atoms with Crippen molar-refractivity contribution in [2.24, 2.45) is 5.73 Å². The highest BCUT2D eigenvalue weighted by molar-refractivity contribution is 5.91. The number of ether oxygens (including phenoxy) is 2. The smallest absolute Gasteiger partial charge is 0.339 e. The van der Waals surface area contributed by atoms with E-state index in [0.29, 0.717) is 31.6 Å². The molecule has 1 saturated heterocycles. The Hall–Kier alpha value is -4.54. The van der Waals surface area contributed by atoms with Crippen LogP contribution in [0.5, 0.6) is 23.3 Å². The van der Waals surface area contributed by atoms with Gasteiger partial charge in [0.25, 0.3) is 11.8 Å². The molecule has 8 nitrogen and oxygen atoms in total. The summed E-state index contributed by atoms with van der Waals surface area (Å²) in [5.74, 6) is -4.20. The maximum atomic E-state index is 16.1. The van der Waals surface area contributed by atoms with Gasteiger partial charge in [-0.3, -0.25) is 0 Å². The van der Waals surface area contributed by atoms with E-state index in [1.807, 2.05) is 49.3 Å². The number of benzene rings is 3. The molecule has 42 heavy (non-hydrogen) atoms. The molecule has 1 aliphatic heterocycles. The topological polar surface area (TPSA) is 101 Å². The molecule has 3 N–H and O–H groups in total. The zero-order chi connectivity index (χ0) is 30.0. The van der Waals surface area contributed by atoms with Gasteiger partial charge in [0.05, 0.1) is 0 Å². The van der Waals surface area contributed by atoms with Crippen LogP contribution in [-0.2, 0) is 6.54 Å². The number of rotatable bonds is 9. The molecule has 4 aromatic rings. The minimum atomic E-state index is -1.26. The van der Waals surface area contributed by atoms with Crippen LogP contribution in [0.1, 0.15) is 27.9 Å². The highest BCUT2D eigenvalue weighted by Crippen LogP contribution is 2.40. The number of carboxylic acids is 1. The van der Waals surface area contributed by atoms with Crippen LogP contribution in [0, 0.1) is 18.6 Å². The molecule has 218 valence electrons. The van der Waals surface area contributed by atoms with E-state index in [4.69, 9.17) is 15.2 Å². The Morgan fingerprint density at radius 3 is 2.38 bits per heavy atom. The third-order valence-electron chi connectivity index (χ3n) is 7.32.